The van der Waals surface area contributed by atoms with Crippen LogP contribution < -0.4 is 27.2 Å². The normalized spacial score (nSPS) is 26.1. The van der Waals surface area contributed by atoms with E-state index in [4.69, 9.17) is 25.8 Å². The number of aliphatic hydroxyl groups is 3. The molecule has 3 aliphatic rings. The number of nitrogens with two attached hydrogens (primary N) is 2. The lowest BCUT2D eigenvalue weighted by atomic mass is 9.71. The molecule has 0 spiro atoms. The Kier molecular flexibility index (Phi) is 10.9. The highest BCUT2D eigenvalue weighted by molar-refractivity contribution is 6.31. The first-order chi connectivity index (χ1) is 23.8. The van der Waals surface area contributed by atoms with Crippen molar-refractivity contribution in [3.05, 3.63) is 51.6 Å². The van der Waals surface area contributed by atoms with E-state index in [0.717, 1.165) is 0 Å². The summed E-state index contributed by atoms with van der Waals surface area (Å²) < 4.78 is 17.3. The standard InChI is InChI=1S/C33H41N5O12/c1-14-28(42)17(34)10-23(49-14)50-19-12-33(47,20(13-39)37-38-22(41)9-4-3-8-21(40)36-35)11-16-25(19)32(46)27-26(30(16)44)29(43)15-6-5-7-18(48-2)24(15)31(27)45/h5-7,14,17,19,23,28,39,42,44,46-47H,3-4,8-13,34-35H2,1-2H3,(H,36,40)(H,38,41)/b37-20+/t14-,17-,19-,23-,28+,33-/m0/s1. The minimum Gasteiger partial charge on any atom is -0.507 e. The van der Waals surface area contributed by atoms with Gasteiger partial charge in [-0.05, 0) is 25.8 Å². The molecule has 5 rings (SSSR count). The number of ether oxygens (including phenoxy) is 3. The first-order valence-electron chi connectivity index (χ1n) is 16.1. The zero-order valence-electron chi connectivity index (χ0n) is 27.5. The number of benzene rings is 2. The number of carbonyl (C=O) groups is 4. The van der Waals surface area contributed by atoms with Gasteiger partial charge in [-0.15, -0.1) is 0 Å². The van der Waals surface area contributed by atoms with Gasteiger partial charge in [0.25, 0.3) is 0 Å². The summed E-state index contributed by atoms with van der Waals surface area (Å²) in [4.78, 5) is 51.6. The minimum absolute atomic E-state index is 0.0145. The molecule has 1 saturated heterocycles. The van der Waals surface area contributed by atoms with E-state index in [1.165, 1.54) is 25.3 Å². The summed E-state index contributed by atoms with van der Waals surface area (Å²) in [6, 6.07) is 3.58. The maximum Gasteiger partial charge on any atom is 0.240 e. The van der Waals surface area contributed by atoms with Crippen molar-refractivity contribution in [1.29, 1.82) is 0 Å². The first kappa shape index (κ1) is 36.8. The molecule has 6 atom stereocenters. The summed E-state index contributed by atoms with van der Waals surface area (Å²) in [5.41, 5.74) is 6.43. The SMILES string of the molecule is COc1cccc2c1C(=O)c1c(O)c3c(c(O)c1C2=O)C[C@@](O)(/C(CO)=N/NC(=O)CCCCC(=O)NN)C[C@@H]3O[C@H]1C[C@H](N)[C@H](O)[C@H](C)O1. The number of unbranched alkanes of at least 4 members (excludes halogenated alkanes) is 1. The molecule has 50 heavy (non-hydrogen) atoms. The van der Waals surface area contributed by atoms with Gasteiger partial charge >= 0.3 is 0 Å². The van der Waals surface area contributed by atoms with E-state index < -0.39 is 95.8 Å². The average molecular weight is 700 g/mol. The second-order valence-electron chi connectivity index (χ2n) is 12.6. The number of hydrazone groups is 1. The van der Waals surface area contributed by atoms with Gasteiger partial charge in [-0.2, -0.15) is 5.10 Å². The lowest BCUT2D eigenvalue weighted by Crippen LogP contribution is -2.53. The predicted molar refractivity (Wildman–Crippen MR) is 173 cm³/mol. The molecule has 2 aromatic carbocycles. The number of phenolic OH excluding ortho intramolecular Hbond substituents is 2. The van der Waals surface area contributed by atoms with Gasteiger partial charge in [-0.3, -0.25) is 24.6 Å². The molecule has 270 valence electrons. The molecule has 11 N–H and O–H groups in total. The zero-order chi connectivity index (χ0) is 36.5. The highest BCUT2D eigenvalue weighted by Crippen LogP contribution is 2.52. The van der Waals surface area contributed by atoms with Crippen molar-refractivity contribution >= 4 is 29.1 Å². The van der Waals surface area contributed by atoms with Crippen LogP contribution in [0.1, 0.15) is 94.5 Å². The summed E-state index contributed by atoms with van der Waals surface area (Å²) in [5, 5.41) is 60.1. The van der Waals surface area contributed by atoms with Crippen molar-refractivity contribution in [3.8, 4) is 17.2 Å². The molecule has 17 nitrogen and oxygen atoms in total. The summed E-state index contributed by atoms with van der Waals surface area (Å²) in [7, 11) is 1.32. The predicted octanol–water partition coefficient (Wildman–Crippen LogP) is -0.545. The number of hydrogen-bond acceptors (Lipinski definition) is 15. The minimum atomic E-state index is -2.15. The van der Waals surface area contributed by atoms with Crippen molar-refractivity contribution in [2.24, 2.45) is 16.7 Å². The topological polar surface area (TPSA) is 286 Å². The molecular formula is C33H41N5O12. The number of aliphatic hydroxyl groups excluding tert-OH is 2. The number of carbonyl (C=O) groups excluding carboxylic acids is 4. The Balaban J connectivity index is 1.55. The third kappa shape index (κ3) is 6.80. The number of phenols is 2. The third-order valence-electron chi connectivity index (χ3n) is 9.36. The van der Waals surface area contributed by atoms with Crippen LogP contribution in [-0.2, 0) is 25.5 Å². The average Bonchev–Trinajstić information content (AvgIpc) is 3.08. The maximum absolute atomic E-state index is 13.9. The molecule has 0 aromatic heterocycles. The van der Waals surface area contributed by atoms with Crippen LogP contribution in [0.3, 0.4) is 0 Å². The number of nitrogens with zero attached hydrogens (tertiary/aromatic N) is 1. The Morgan fingerprint density at radius 2 is 1.76 bits per heavy atom. The molecule has 2 aromatic rings. The van der Waals surface area contributed by atoms with Crippen molar-refractivity contribution in [3.63, 3.8) is 0 Å². The van der Waals surface area contributed by atoms with Crippen molar-refractivity contribution in [1.82, 2.24) is 10.9 Å². The summed E-state index contributed by atoms with van der Waals surface area (Å²) in [5.74, 6) is 1.20. The number of aromatic hydroxyl groups is 2. The number of ketones is 2. The highest BCUT2D eigenvalue weighted by Gasteiger charge is 2.49. The van der Waals surface area contributed by atoms with E-state index in [0.29, 0.717) is 12.8 Å². The Hall–Kier alpha value is -4.49. The number of hydrazine groups is 1. The quantitative estimate of drug-likeness (QED) is 0.0303. The van der Waals surface area contributed by atoms with E-state index >= 15 is 0 Å². The molecule has 1 fully saturated rings. The van der Waals surface area contributed by atoms with Gasteiger partial charge < -0.3 is 45.5 Å². The van der Waals surface area contributed by atoms with Crippen LogP contribution in [0.15, 0.2) is 23.3 Å². The smallest absolute Gasteiger partial charge is 0.240 e. The number of rotatable bonds is 11. The Labute approximate surface area is 286 Å². The zero-order valence-corrected chi connectivity index (χ0v) is 27.5. The van der Waals surface area contributed by atoms with Crippen molar-refractivity contribution in [2.75, 3.05) is 13.7 Å². The van der Waals surface area contributed by atoms with Crippen molar-refractivity contribution in [2.45, 2.75) is 88.1 Å². The lowest BCUT2D eigenvalue weighted by molar-refractivity contribution is -0.245. The molecular weight excluding hydrogens is 658 g/mol. The Morgan fingerprint density at radius 3 is 2.40 bits per heavy atom. The second-order valence-corrected chi connectivity index (χ2v) is 12.6. The van der Waals surface area contributed by atoms with Gasteiger partial charge in [0.2, 0.25) is 17.6 Å². The number of nitrogens with one attached hydrogen (secondary N) is 2. The molecule has 2 aliphatic carbocycles. The van der Waals surface area contributed by atoms with Crippen LogP contribution in [0.25, 0.3) is 0 Å². The third-order valence-corrected chi connectivity index (χ3v) is 9.36. The number of methoxy groups -OCH3 is 1. The molecule has 0 saturated carbocycles. The van der Waals surface area contributed by atoms with Gasteiger partial charge in [0.1, 0.15) is 22.8 Å². The van der Waals surface area contributed by atoms with Gasteiger partial charge in [-0.1, -0.05) is 12.1 Å². The molecule has 0 radical (unpaired) electrons. The molecule has 17 heteroatoms. The Bertz CT molecular complexity index is 1720. The van der Waals surface area contributed by atoms with Crippen LogP contribution >= 0.6 is 0 Å². The summed E-state index contributed by atoms with van der Waals surface area (Å²) in [6.45, 7) is 0.706. The highest BCUT2D eigenvalue weighted by atomic mass is 16.7. The molecule has 2 amide bonds. The number of amides is 2. The Morgan fingerprint density at radius 1 is 1.08 bits per heavy atom. The summed E-state index contributed by atoms with van der Waals surface area (Å²) >= 11 is 0. The summed E-state index contributed by atoms with van der Waals surface area (Å²) in [6.07, 6.45) is -4.51. The van der Waals surface area contributed by atoms with Gasteiger partial charge in [0, 0.05) is 54.8 Å². The van der Waals surface area contributed by atoms with Crippen LogP contribution in [-0.4, -0.2) is 98.5 Å². The fourth-order valence-corrected chi connectivity index (χ4v) is 6.73. The van der Waals surface area contributed by atoms with E-state index in [9.17, 15) is 44.7 Å². The maximum atomic E-state index is 13.9. The molecule has 0 bridgehead atoms. The first-order valence-corrected chi connectivity index (χ1v) is 16.1. The second kappa shape index (κ2) is 14.8. The lowest BCUT2D eigenvalue weighted by Gasteiger charge is -2.43. The van der Waals surface area contributed by atoms with Crippen LogP contribution in [0.4, 0.5) is 0 Å². The number of fused-ring (bicyclic) bond motifs is 3. The number of hydrogen-bond donors (Lipinski definition) is 9. The van der Waals surface area contributed by atoms with E-state index in [1.54, 1.807) is 6.92 Å². The molecule has 1 aliphatic heterocycles. The van der Waals surface area contributed by atoms with Gasteiger partial charge in [0.15, 0.2) is 12.1 Å². The van der Waals surface area contributed by atoms with Crippen LogP contribution in [0, 0.1) is 0 Å². The van der Waals surface area contributed by atoms with Crippen LogP contribution in [0.2, 0.25) is 0 Å². The largest absolute Gasteiger partial charge is 0.507 e. The van der Waals surface area contributed by atoms with E-state index in [2.05, 4.69) is 10.5 Å². The molecule has 1 heterocycles. The van der Waals surface area contributed by atoms with E-state index in [-0.39, 0.29) is 58.9 Å². The van der Waals surface area contributed by atoms with Gasteiger partial charge in [-0.25, -0.2) is 11.3 Å². The fraction of sp³-hybridized carbons (Fsp3) is 0.485. The van der Waals surface area contributed by atoms with Gasteiger partial charge in [0.05, 0.1) is 54.4 Å². The fourth-order valence-electron chi connectivity index (χ4n) is 6.73. The monoisotopic (exact) mass is 699 g/mol. The van der Waals surface area contributed by atoms with Crippen LogP contribution in [0.5, 0.6) is 17.2 Å². The van der Waals surface area contributed by atoms with Crippen molar-refractivity contribution < 1.29 is 58.9 Å². The van der Waals surface area contributed by atoms with E-state index in [1.807, 2.05) is 5.43 Å². The molecule has 0 unspecified atom stereocenters.